The number of aryl methyl sites for hydroxylation is 1. The highest BCUT2D eigenvalue weighted by Crippen LogP contribution is 2.29. The van der Waals surface area contributed by atoms with Crippen molar-refractivity contribution >= 4 is 15.7 Å². The summed E-state index contributed by atoms with van der Waals surface area (Å²) < 4.78 is 44.5. The average molecular weight is 505 g/mol. The fourth-order valence-electron chi connectivity index (χ4n) is 4.31. The van der Waals surface area contributed by atoms with Gasteiger partial charge in [-0.25, -0.2) is 12.8 Å². The van der Waals surface area contributed by atoms with Gasteiger partial charge >= 0.3 is 0 Å². The predicted molar refractivity (Wildman–Crippen MR) is 133 cm³/mol. The molecule has 1 aliphatic rings. The number of benzene rings is 2. The van der Waals surface area contributed by atoms with Crippen molar-refractivity contribution in [2.45, 2.75) is 50.6 Å². The Morgan fingerprint density at radius 3 is 2.74 bits per heavy atom. The van der Waals surface area contributed by atoms with Crippen molar-refractivity contribution in [2.75, 3.05) is 18.9 Å². The summed E-state index contributed by atoms with van der Waals surface area (Å²) in [5, 5.41) is 16.9. The maximum absolute atomic E-state index is 14.1. The van der Waals surface area contributed by atoms with E-state index in [-0.39, 0.29) is 37.0 Å². The molecule has 7 nitrogen and oxygen atoms in total. The Bertz CT molecular complexity index is 1170. The smallest absolute Gasteiger partial charge is 0.217 e. The van der Waals surface area contributed by atoms with Gasteiger partial charge in [-0.3, -0.25) is 4.79 Å². The third-order valence-electron chi connectivity index (χ3n) is 5.97. The van der Waals surface area contributed by atoms with Crippen molar-refractivity contribution in [2.24, 2.45) is 0 Å². The van der Waals surface area contributed by atoms with Crippen molar-refractivity contribution in [3.8, 4) is 5.75 Å². The number of ether oxygens (including phenoxy) is 1. The number of hydrogen-bond donors (Lipinski definition) is 3. The van der Waals surface area contributed by atoms with Gasteiger partial charge in [0.2, 0.25) is 5.91 Å². The van der Waals surface area contributed by atoms with Crippen LogP contribution in [-0.4, -0.2) is 50.5 Å². The molecule has 190 valence electrons. The van der Waals surface area contributed by atoms with Crippen LogP contribution in [0.4, 0.5) is 4.39 Å². The van der Waals surface area contributed by atoms with Gasteiger partial charge in [-0.1, -0.05) is 37.8 Å². The molecule has 0 fully saturated rings. The van der Waals surface area contributed by atoms with Crippen molar-refractivity contribution < 1.29 is 27.4 Å². The van der Waals surface area contributed by atoms with E-state index in [1.807, 2.05) is 25.1 Å². The summed E-state index contributed by atoms with van der Waals surface area (Å²) >= 11 is 0. The van der Waals surface area contributed by atoms with E-state index in [1.54, 1.807) is 12.1 Å². The molecule has 0 bridgehead atoms. The SMILES string of the molecule is C=CCOc1cc(F)cc(C[C@H](NC(C)=O)[C@H](O)CN[C@H]2CS(=O)(=O)Cc3ccc(CC)cc32)c1. The first kappa shape index (κ1) is 26.8. The Hall–Kier alpha value is -2.75. The van der Waals surface area contributed by atoms with E-state index in [0.717, 1.165) is 23.1 Å². The molecule has 9 heteroatoms. The Kier molecular flexibility index (Phi) is 9.04. The van der Waals surface area contributed by atoms with Gasteiger partial charge in [-0.05, 0) is 47.2 Å². The lowest BCUT2D eigenvalue weighted by Gasteiger charge is -2.30. The minimum absolute atomic E-state index is 0.00257. The van der Waals surface area contributed by atoms with Gasteiger partial charge in [0, 0.05) is 25.6 Å². The third-order valence-corrected chi connectivity index (χ3v) is 7.56. The molecule has 0 radical (unpaired) electrons. The number of hydrogen-bond acceptors (Lipinski definition) is 6. The van der Waals surface area contributed by atoms with Crippen LogP contribution in [0.2, 0.25) is 0 Å². The summed E-state index contributed by atoms with van der Waals surface area (Å²) in [6.45, 7) is 7.20. The Balaban J connectivity index is 1.76. The second-order valence-electron chi connectivity index (χ2n) is 8.88. The van der Waals surface area contributed by atoms with Gasteiger partial charge in [0.25, 0.3) is 0 Å². The number of rotatable bonds is 11. The summed E-state index contributed by atoms with van der Waals surface area (Å²) in [4.78, 5) is 11.8. The van der Waals surface area contributed by atoms with Crippen LogP contribution in [0.25, 0.3) is 0 Å². The first-order valence-electron chi connectivity index (χ1n) is 11.6. The molecule has 3 atom stereocenters. The summed E-state index contributed by atoms with van der Waals surface area (Å²) in [7, 11) is -3.29. The molecule has 0 aliphatic carbocycles. The lowest BCUT2D eigenvalue weighted by Crippen LogP contribution is -2.49. The minimum atomic E-state index is -3.29. The van der Waals surface area contributed by atoms with Crippen LogP contribution < -0.4 is 15.4 Å². The Labute approximate surface area is 206 Å². The molecule has 1 amide bonds. The van der Waals surface area contributed by atoms with Crippen LogP contribution >= 0.6 is 0 Å². The molecule has 1 aliphatic heterocycles. The van der Waals surface area contributed by atoms with Crippen LogP contribution in [0.5, 0.6) is 5.75 Å². The molecule has 0 saturated heterocycles. The summed E-state index contributed by atoms with van der Waals surface area (Å²) in [5.74, 6) is -0.584. The lowest BCUT2D eigenvalue weighted by atomic mass is 9.97. The maximum atomic E-state index is 14.1. The first-order valence-corrected chi connectivity index (χ1v) is 13.5. The molecule has 2 aromatic rings. The number of amides is 1. The Morgan fingerprint density at radius 1 is 1.29 bits per heavy atom. The highest BCUT2D eigenvalue weighted by molar-refractivity contribution is 7.90. The number of fused-ring (bicyclic) bond motifs is 1. The molecule has 2 aromatic carbocycles. The second-order valence-corrected chi connectivity index (χ2v) is 11.0. The van der Waals surface area contributed by atoms with Gasteiger partial charge in [0.05, 0.1) is 23.7 Å². The van der Waals surface area contributed by atoms with Gasteiger partial charge in [0.15, 0.2) is 9.84 Å². The van der Waals surface area contributed by atoms with Crippen molar-refractivity contribution in [3.05, 3.63) is 77.1 Å². The molecule has 3 N–H and O–H groups in total. The highest BCUT2D eigenvalue weighted by Gasteiger charge is 2.31. The first-order chi connectivity index (χ1) is 16.6. The lowest BCUT2D eigenvalue weighted by molar-refractivity contribution is -0.120. The van der Waals surface area contributed by atoms with Crippen LogP contribution in [-0.2, 0) is 33.2 Å². The fraction of sp³-hybridized carbons (Fsp3) is 0.423. The number of aliphatic hydroxyl groups excluding tert-OH is 1. The van der Waals surface area contributed by atoms with Crippen molar-refractivity contribution in [1.82, 2.24) is 10.6 Å². The predicted octanol–water partition coefficient (Wildman–Crippen LogP) is 2.62. The van der Waals surface area contributed by atoms with Gasteiger partial charge in [-0.2, -0.15) is 0 Å². The fourth-order valence-corrected chi connectivity index (χ4v) is 5.97. The largest absolute Gasteiger partial charge is 0.489 e. The number of carbonyl (C=O) groups is 1. The highest BCUT2D eigenvalue weighted by atomic mass is 32.2. The van der Waals surface area contributed by atoms with Crippen LogP contribution in [0.3, 0.4) is 0 Å². The number of aliphatic hydroxyl groups is 1. The van der Waals surface area contributed by atoms with Gasteiger partial charge in [-0.15, -0.1) is 0 Å². The quantitative estimate of drug-likeness (QED) is 0.407. The minimum Gasteiger partial charge on any atom is -0.489 e. The van der Waals surface area contributed by atoms with Gasteiger partial charge < -0.3 is 20.5 Å². The van der Waals surface area contributed by atoms with Crippen LogP contribution in [0, 0.1) is 5.82 Å². The van der Waals surface area contributed by atoms with E-state index >= 15 is 0 Å². The molecule has 1 heterocycles. The van der Waals surface area contributed by atoms with E-state index in [1.165, 1.54) is 19.1 Å². The number of halogens is 1. The molecular weight excluding hydrogens is 471 g/mol. The van der Waals surface area contributed by atoms with E-state index in [9.17, 15) is 22.7 Å². The zero-order valence-corrected chi connectivity index (χ0v) is 20.9. The molecule has 0 aromatic heterocycles. The van der Waals surface area contributed by atoms with Gasteiger partial charge in [0.1, 0.15) is 18.2 Å². The molecule has 35 heavy (non-hydrogen) atoms. The number of sulfone groups is 1. The molecule has 3 rings (SSSR count). The maximum Gasteiger partial charge on any atom is 0.217 e. The topological polar surface area (TPSA) is 105 Å². The van der Waals surface area contributed by atoms with E-state index < -0.39 is 33.8 Å². The summed E-state index contributed by atoms with van der Waals surface area (Å²) in [6.07, 6.45) is 1.48. The summed E-state index contributed by atoms with van der Waals surface area (Å²) in [6, 6.07) is 8.83. The normalized spacial score (nSPS) is 18.2. The standard InChI is InChI=1S/C26H33FN2O5S/c1-4-8-34-22-10-19(9-21(27)13-22)12-24(29-17(3)30)26(31)14-28-25-16-35(32,33)15-20-7-6-18(5-2)11-23(20)25/h4,6-7,9-11,13,24-26,28,31H,1,5,8,12,14-16H2,2-3H3,(H,29,30)/t24-,25-,26+/m0/s1. The average Bonchev–Trinajstić information content (AvgIpc) is 2.79. The molecular formula is C26H33FN2O5S. The number of carbonyl (C=O) groups excluding carboxylic acids is 1. The van der Waals surface area contributed by atoms with Crippen LogP contribution in [0.1, 0.15) is 42.1 Å². The monoisotopic (exact) mass is 504 g/mol. The molecule has 0 unspecified atom stereocenters. The molecule has 0 saturated carbocycles. The van der Waals surface area contributed by atoms with Crippen molar-refractivity contribution in [1.29, 1.82) is 0 Å². The van der Waals surface area contributed by atoms with E-state index in [0.29, 0.717) is 11.3 Å². The van der Waals surface area contributed by atoms with Crippen molar-refractivity contribution in [3.63, 3.8) is 0 Å². The van der Waals surface area contributed by atoms with Crippen LogP contribution in [0.15, 0.2) is 49.1 Å². The Morgan fingerprint density at radius 2 is 2.06 bits per heavy atom. The zero-order valence-electron chi connectivity index (χ0n) is 20.1. The zero-order chi connectivity index (χ0) is 25.6. The van der Waals surface area contributed by atoms with E-state index in [4.69, 9.17) is 4.74 Å². The molecule has 0 spiro atoms. The third kappa shape index (κ3) is 7.62. The summed E-state index contributed by atoms with van der Waals surface area (Å²) in [5.41, 5.74) is 3.31. The van der Waals surface area contributed by atoms with E-state index in [2.05, 4.69) is 17.2 Å². The number of nitrogens with one attached hydrogen (secondary N) is 2. The second kappa shape index (κ2) is 11.8.